The lowest BCUT2D eigenvalue weighted by Gasteiger charge is -2.26. The van der Waals surface area contributed by atoms with E-state index >= 15 is 0 Å². The van der Waals surface area contributed by atoms with Crippen molar-refractivity contribution in [3.8, 4) is 11.5 Å². The van der Waals surface area contributed by atoms with Crippen LogP contribution < -0.4 is 9.47 Å². The summed E-state index contributed by atoms with van der Waals surface area (Å²) in [6.07, 6.45) is 4.97. The maximum absolute atomic E-state index is 12.8. The number of ether oxygens (including phenoxy) is 2. The number of carbonyl (C=O) groups excluding carboxylic acids is 2. The first-order valence-corrected chi connectivity index (χ1v) is 12.1. The Morgan fingerprint density at radius 3 is 2.57 bits per heavy atom. The zero-order valence-electron chi connectivity index (χ0n) is 19.1. The molecule has 0 aliphatic carbocycles. The normalized spacial score (nSPS) is 18.8. The molecule has 3 aliphatic rings. The topological polar surface area (TPSA) is 108 Å². The highest BCUT2D eigenvalue weighted by Gasteiger charge is 2.37. The number of thioether (sulfide) groups is 1. The number of fused-ring (bicyclic) bond motifs is 1. The molecule has 0 saturated carbocycles. The molecule has 10 heteroatoms. The minimum Gasteiger partial charge on any atom is -0.493 e. The molecule has 178 valence electrons. The molecule has 3 aliphatic heterocycles. The van der Waals surface area contributed by atoms with Crippen molar-refractivity contribution in [1.29, 1.82) is 5.41 Å². The molecular formula is C25H23N5O4S. The average molecular weight is 490 g/mol. The van der Waals surface area contributed by atoms with E-state index < -0.39 is 11.9 Å². The maximum Gasteiger partial charge on any atom is 0.343 e. The number of likely N-dealkylation sites (tertiary alicyclic amines) is 1. The molecule has 2 aromatic carbocycles. The Morgan fingerprint density at radius 1 is 1.06 bits per heavy atom. The first-order valence-electron chi connectivity index (χ1n) is 11.2. The number of amidine groups is 3. The summed E-state index contributed by atoms with van der Waals surface area (Å²) in [4.78, 5) is 31.5. The molecule has 35 heavy (non-hydrogen) atoms. The number of esters is 1. The van der Waals surface area contributed by atoms with Gasteiger partial charge in [0.1, 0.15) is 0 Å². The van der Waals surface area contributed by atoms with Crippen LogP contribution in [-0.2, 0) is 4.79 Å². The molecule has 0 spiro atoms. The van der Waals surface area contributed by atoms with Gasteiger partial charge in [-0.2, -0.15) is 10.0 Å². The fourth-order valence-electron chi connectivity index (χ4n) is 3.95. The van der Waals surface area contributed by atoms with Crippen LogP contribution in [0.1, 0.15) is 35.2 Å². The van der Waals surface area contributed by atoms with E-state index in [2.05, 4.69) is 15.0 Å². The minimum atomic E-state index is -0.505. The number of benzene rings is 2. The zero-order valence-corrected chi connectivity index (χ0v) is 19.9. The second-order valence-corrected chi connectivity index (χ2v) is 9.05. The molecule has 1 N–H and O–H groups in total. The molecule has 0 unspecified atom stereocenters. The van der Waals surface area contributed by atoms with E-state index in [1.165, 1.54) is 30.3 Å². The third kappa shape index (κ3) is 4.69. The van der Waals surface area contributed by atoms with Crippen molar-refractivity contribution in [2.45, 2.75) is 19.3 Å². The lowest BCUT2D eigenvalue weighted by molar-refractivity contribution is -0.114. The summed E-state index contributed by atoms with van der Waals surface area (Å²) in [5, 5.41) is 15.7. The van der Waals surface area contributed by atoms with Gasteiger partial charge in [-0.1, -0.05) is 24.3 Å². The van der Waals surface area contributed by atoms with E-state index in [0.717, 1.165) is 31.1 Å². The fourth-order valence-corrected chi connectivity index (χ4v) is 4.90. The largest absolute Gasteiger partial charge is 0.493 e. The van der Waals surface area contributed by atoms with Gasteiger partial charge in [-0.25, -0.2) is 4.79 Å². The van der Waals surface area contributed by atoms with Gasteiger partial charge >= 0.3 is 5.97 Å². The smallest absolute Gasteiger partial charge is 0.343 e. The van der Waals surface area contributed by atoms with Crippen molar-refractivity contribution >= 4 is 45.9 Å². The Kier molecular flexibility index (Phi) is 6.37. The number of nitrogens with zero attached hydrogens (tertiary/aromatic N) is 4. The molecule has 5 rings (SSSR count). The molecule has 3 heterocycles. The molecule has 0 bridgehead atoms. The van der Waals surface area contributed by atoms with Crippen molar-refractivity contribution < 1.29 is 19.1 Å². The van der Waals surface area contributed by atoms with Crippen LogP contribution in [0.25, 0.3) is 6.08 Å². The predicted octanol–water partition coefficient (Wildman–Crippen LogP) is 3.98. The number of hydrogen-bond donors (Lipinski definition) is 1. The summed E-state index contributed by atoms with van der Waals surface area (Å²) < 4.78 is 10.9. The summed E-state index contributed by atoms with van der Waals surface area (Å²) in [6.45, 7) is 1.83. The molecule has 1 saturated heterocycles. The Balaban J connectivity index is 1.37. The monoisotopic (exact) mass is 489 g/mol. The van der Waals surface area contributed by atoms with Gasteiger partial charge in [0.25, 0.3) is 5.91 Å². The van der Waals surface area contributed by atoms with Gasteiger partial charge in [0.05, 0.1) is 18.2 Å². The fraction of sp³-hybridized carbons (Fsp3) is 0.240. The highest BCUT2D eigenvalue weighted by atomic mass is 32.2. The molecule has 0 radical (unpaired) electrons. The highest BCUT2D eigenvalue weighted by molar-refractivity contribution is 8.26. The molecule has 0 aromatic heterocycles. The van der Waals surface area contributed by atoms with Crippen molar-refractivity contribution in [3.63, 3.8) is 0 Å². The number of aliphatic imine (C=N–C) groups is 1. The zero-order chi connectivity index (χ0) is 24.4. The highest BCUT2D eigenvalue weighted by Crippen LogP contribution is 2.33. The van der Waals surface area contributed by atoms with Crippen LogP contribution in [0.3, 0.4) is 0 Å². The van der Waals surface area contributed by atoms with Gasteiger partial charge < -0.3 is 14.4 Å². The number of carbonyl (C=O) groups is 2. The van der Waals surface area contributed by atoms with Crippen molar-refractivity contribution in [1.82, 2.24) is 9.91 Å². The molecular weight excluding hydrogens is 466 g/mol. The molecule has 9 nitrogen and oxygen atoms in total. The molecule has 2 aromatic rings. The van der Waals surface area contributed by atoms with E-state index in [0.29, 0.717) is 22.0 Å². The van der Waals surface area contributed by atoms with Gasteiger partial charge in [0.15, 0.2) is 22.5 Å². The standard InChI is InChI=1S/C25H23N5O4S/c1-33-20-15-16(10-11-19(20)34-23(32)17-8-4-2-5-9-17)14-18-21(26)30-24(27-22(18)31)35-25(28-30)29-12-6-3-7-13-29/h2,4-5,8-11,14-15,26H,3,6-7,12-13H2,1H3/b18-14-,26-21?. The molecule has 1 fully saturated rings. The average Bonchev–Trinajstić information content (AvgIpc) is 3.32. The second kappa shape index (κ2) is 9.75. The van der Waals surface area contributed by atoms with Crippen LogP contribution in [0.5, 0.6) is 11.5 Å². The molecule has 1 amide bonds. The van der Waals surface area contributed by atoms with Gasteiger partial charge in [-0.3, -0.25) is 10.2 Å². The molecule has 0 atom stereocenters. The van der Waals surface area contributed by atoms with Gasteiger partial charge in [0.2, 0.25) is 5.17 Å². The third-order valence-corrected chi connectivity index (χ3v) is 6.75. The van der Waals surface area contributed by atoms with Crippen molar-refractivity contribution in [3.05, 3.63) is 65.2 Å². The number of amides is 1. The summed E-state index contributed by atoms with van der Waals surface area (Å²) in [5.41, 5.74) is 1.14. The number of nitrogens with one attached hydrogen (secondary N) is 1. The summed E-state index contributed by atoms with van der Waals surface area (Å²) >= 11 is 1.32. The first-order chi connectivity index (χ1) is 17.0. The van der Waals surface area contributed by atoms with Crippen LogP contribution in [0, 0.1) is 5.41 Å². The lowest BCUT2D eigenvalue weighted by atomic mass is 10.1. The van der Waals surface area contributed by atoms with Crippen LogP contribution in [0.15, 0.2) is 64.2 Å². The quantitative estimate of drug-likeness (QED) is 0.393. The maximum atomic E-state index is 12.8. The van der Waals surface area contributed by atoms with E-state index in [1.807, 2.05) is 6.07 Å². The van der Waals surface area contributed by atoms with Crippen LogP contribution >= 0.6 is 11.8 Å². The van der Waals surface area contributed by atoms with Crippen LogP contribution in [0.4, 0.5) is 0 Å². The van der Waals surface area contributed by atoms with Crippen molar-refractivity contribution in [2.75, 3.05) is 20.2 Å². The summed E-state index contributed by atoms with van der Waals surface area (Å²) in [7, 11) is 1.47. The number of hydrazone groups is 1. The Bertz CT molecular complexity index is 1280. The number of hydrogen-bond acceptors (Lipinski definition) is 8. The lowest BCUT2D eigenvalue weighted by Crippen LogP contribution is -2.35. The second-order valence-electron chi connectivity index (χ2n) is 8.12. The van der Waals surface area contributed by atoms with Gasteiger partial charge in [-0.15, -0.1) is 5.10 Å². The Labute approximate surface area is 206 Å². The Hall–Kier alpha value is -3.92. The van der Waals surface area contributed by atoms with E-state index in [1.54, 1.807) is 48.5 Å². The van der Waals surface area contributed by atoms with Crippen LogP contribution in [-0.4, -0.2) is 58.2 Å². The Morgan fingerprint density at radius 2 is 1.83 bits per heavy atom. The van der Waals surface area contributed by atoms with Gasteiger partial charge in [-0.05, 0) is 66.9 Å². The number of rotatable bonds is 4. The van der Waals surface area contributed by atoms with E-state index in [-0.39, 0.29) is 17.2 Å². The van der Waals surface area contributed by atoms with Crippen molar-refractivity contribution in [2.24, 2.45) is 10.1 Å². The summed E-state index contributed by atoms with van der Waals surface area (Å²) in [6, 6.07) is 13.6. The van der Waals surface area contributed by atoms with Gasteiger partial charge in [0, 0.05) is 13.1 Å². The van der Waals surface area contributed by atoms with E-state index in [9.17, 15) is 9.59 Å². The summed E-state index contributed by atoms with van der Waals surface area (Å²) in [5.74, 6) is -0.458. The first kappa shape index (κ1) is 22.9. The SMILES string of the molecule is COc1cc(/C=C2/C(=N)N3N=C(N4CCCCC4)SC3=NC2=O)ccc1OC(=O)c1ccccc1. The minimum absolute atomic E-state index is 0.0296. The third-order valence-electron chi connectivity index (χ3n) is 5.78. The number of piperidine rings is 1. The van der Waals surface area contributed by atoms with Crippen LogP contribution in [0.2, 0.25) is 0 Å². The number of methoxy groups -OCH3 is 1. The predicted molar refractivity (Wildman–Crippen MR) is 135 cm³/mol. The van der Waals surface area contributed by atoms with E-state index in [4.69, 9.17) is 14.9 Å².